The van der Waals surface area contributed by atoms with Crippen LogP contribution in [0.3, 0.4) is 0 Å². The molecule has 2 heteroatoms. The molecule has 90 valence electrons. The van der Waals surface area contributed by atoms with Crippen LogP contribution in [-0.2, 0) is 0 Å². The van der Waals surface area contributed by atoms with Gasteiger partial charge in [-0.1, -0.05) is 26.0 Å². The summed E-state index contributed by atoms with van der Waals surface area (Å²) in [6, 6.07) is 9.29. The van der Waals surface area contributed by atoms with E-state index in [2.05, 4.69) is 56.6 Å². The lowest BCUT2D eigenvalue weighted by molar-refractivity contribution is 0.497. The third-order valence-corrected chi connectivity index (χ3v) is 3.53. The molecule has 0 amide bonds. The fourth-order valence-corrected chi connectivity index (χ4v) is 2.01. The summed E-state index contributed by atoms with van der Waals surface area (Å²) in [4.78, 5) is 1.33. The van der Waals surface area contributed by atoms with Gasteiger partial charge in [0.2, 0.25) is 0 Å². The van der Waals surface area contributed by atoms with Crippen LogP contribution in [0.1, 0.15) is 38.8 Å². The summed E-state index contributed by atoms with van der Waals surface area (Å²) >= 11 is 1.79. The first-order valence-corrected chi connectivity index (χ1v) is 7.23. The van der Waals surface area contributed by atoms with E-state index in [9.17, 15) is 0 Å². The number of rotatable bonds is 6. The van der Waals surface area contributed by atoms with E-state index in [4.69, 9.17) is 0 Å². The van der Waals surface area contributed by atoms with Gasteiger partial charge in [-0.15, -0.1) is 11.8 Å². The molecule has 1 atom stereocenters. The zero-order valence-electron chi connectivity index (χ0n) is 10.8. The maximum absolute atomic E-state index is 3.56. The molecule has 0 aliphatic rings. The highest BCUT2D eigenvalue weighted by molar-refractivity contribution is 7.98. The summed E-state index contributed by atoms with van der Waals surface area (Å²) in [5, 5.41) is 3.56. The SMILES string of the molecule is CSc1ccc(C(C)NCCC(C)C)cc1. The van der Waals surface area contributed by atoms with Crippen molar-refractivity contribution in [1.82, 2.24) is 5.32 Å². The molecule has 16 heavy (non-hydrogen) atoms. The second-order valence-electron chi connectivity index (χ2n) is 4.63. The molecule has 0 spiro atoms. The maximum Gasteiger partial charge on any atom is 0.0291 e. The van der Waals surface area contributed by atoms with Crippen molar-refractivity contribution in [2.24, 2.45) is 5.92 Å². The number of benzene rings is 1. The molecule has 0 radical (unpaired) electrons. The molecule has 1 N–H and O–H groups in total. The molecular formula is C14H23NS. The van der Waals surface area contributed by atoms with Crippen molar-refractivity contribution >= 4 is 11.8 Å². The molecule has 0 saturated carbocycles. The first-order valence-electron chi connectivity index (χ1n) is 6.00. The van der Waals surface area contributed by atoms with Crippen LogP contribution in [-0.4, -0.2) is 12.8 Å². The van der Waals surface area contributed by atoms with Crippen molar-refractivity contribution in [3.05, 3.63) is 29.8 Å². The molecule has 0 heterocycles. The first-order chi connectivity index (χ1) is 7.63. The van der Waals surface area contributed by atoms with E-state index in [0.717, 1.165) is 12.5 Å². The van der Waals surface area contributed by atoms with E-state index in [1.54, 1.807) is 11.8 Å². The minimum atomic E-state index is 0.453. The molecule has 1 unspecified atom stereocenters. The zero-order chi connectivity index (χ0) is 12.0. The molecular weight excluding hydrogens is 214 g/mol. The minimum absolute atomic E-state index is 0.453. The lowest BCUT2D eigenvalue weighted by Gasteiger charge is -2.15. The Morgan fingerprint density at radius 2 is 1.75 bits per heavy atom. The molecule has 0 aromatic heterocycles. The molecule has 1 aromatic rings. The Hall–Kier alpha value is -0.470. The summed E-state index contributed by atoms with van der Waals surface area (Å²) in [7, 11) is 0. The van der Waals surface area contributed by atoms with Crippen molar-refractivity contribution in [3.8, 4) is 0 Å². The minimum Gasteiger partial charge on any atom is -0.310 e. The van der Waals surface area contributed by atoms with E-state index >= 15 is 0 Å². The Labute approximate surface area is 104 Å². The summed E-state index contributed by atoms with van der Waals surface area (Å²) in [5.74, 6) is 0.776. The van der Waals surface area contributed by atoms with Crippen molar-refractivity contribution in [3.63, 3.8) is 0 Å². The molecule has 1 nitrogen and oxygen atoms in total. The van der Waals surface area contributed by atoms with E-state index in [0.29, 0.717) is 6.04 Å². The van der Waals surface area contributed by atoms with Crippen LogP contribution in [0.4, 0.5) is 0 Å². The van der Waals surface area contributed by atoms with Gasteiger partial charge in [-0.25, -0.2) is 0 Å². The molecule has 1 rings (SSSR count). The van der Waals surface area contributed by atoms with Gasteiger partial charge in [0.1, 0.15) is 0 Å². The van der Waals surface area contributed by atoms with Gasteiger partial charge in [-0.2, -0.15) is 0 Å². The number of hydrogen-bond donors (Lipinski definition) is 1. The quantitative estimate of drug-likeness (QED) is 0.747. The molecule has 0 saturated heterocycles. The van der Waals surface area contributed by atoms with Gasteiger partial charge in [0.25, 0.3) is 0 Å². The summed E-state index contributed by atoms with van der Waals surface area (Å²) in [5.41, 5.74) is 1.38. The van der Waals surface area contributed by atoms with Crippen molar-refractivity contribution in [1.29, 1.82) is 0 Å². The Bertz CT molecular complexity index is 292. The van der Waals surface area contributed by atoms with Gasteiger partial charge in [0.05, 0.1) is 0 Å². The van der Waals surface area contributed by atoms with Gasteiger partial charge in [0.15, 0.2) is 0 Å². The lowest BCUT2D eigenvalue weighted by atomic mass is 10.1. The number of hydrogen-bond acceptors (Lipinski definition) is 2. The van der Waals surface area contributed by atoms with Gasteiger partial charge >= 0.3 is 0 Å². The van der Waals surface area contributed by atoms with E-state index in [1.165, 1.54) is 16.9 Å². The highest BCUT2D eigenvalue weighted by Crippen LogP contribution is 2.18. The zero-order valence-corrected chi connectivity index (χ0v) is 11.6. The van der Waals surface area contributed by atoms with Gasteiger partial charge in [0, 0.05) is 10.9 Å². The van der Waals surface area contributed by atoms with E-state index < -0.39 is 0 Å². The Kier molecular flexibility index (Phi) is 5.93. The van der Waals surface area contributed by atoms with Gasteiger partial charge in [-0.05, 0) is 49.8 Å². The highest BCUT2D eigenvalue weighted by Gasteiger charge is 2.04. The maximum atomic E-state index is 3.56. The van der Waals surface area contributed by atoms with Crippen LogP contribution < -0.4 is 5.32 Å². The van der Waals surface area contributed by atoms with Gasteiger partial charge in [-0.3, -0.25) is 0 Å². The topological polar surface area (TPSA) is 12.0 Å². The van der Waals surface area contributed by atoms with Crippen LogP contribution >= 0.6 is 11.8 Å². The smallest absolute Gasteiger partial charge is 0.0291 e. The predicted molar refractivity (Wildman–Crippen MR) is 74.1 cm³/mol. The third-order valence-electron chi connectivity index (χ3n) is 2.79. The monoisotopic (exact) mass is 237 g/mol. The van der Waals surface area contributed by atoms with Crippen molar-refractivity contribution in [2.75, 3.05) is 12.8 Å². The van der Waals surface area contributed by atoms with Crippen LogP contribution in [0, 0.1) is 5.92 Å². The fourth-order valence-electron chi connectivity index (χ4n) is 1.60. The molecule has 0 bridgehead atoms. The molecule has 0 fully saturated rings. The van der Waals surface area contributed by atoms with Crippen molar-refractivity contribution in [2.45, 2.75) is 38.1 Å². The molecule has 0 aliphatic carbocycles. The highest BCUT2D eigenvalue weighted by atomic mass is 32.2. The van der Waals surface area contributed by atoms with Crippen molar-refractivity contribution < 1.29 is 0 Å². The molecule has 1 aromatic carbocycles. The van der Waals surface area contributed by atoms with E-state index in [-0.39, 0.29) is 0 Å². The first kappa shape index (κ1) is 13.6. The predicted octanol–water partition coefficient (Wildman–Crippen LogP) is 4.11. The Morgan fingerprint density at radius 1 is 1.12 bits per heavy atom. The van der Waals surface area contributed by atoms with E-state index in [1.807, 2.05) is 0 Å². The molecule has 0 aliphatic heterocycles. The van der Waals surface area contributed by atoms with Crippen LogP contribution in [0.5, 0.6) is 0 Å². The second kappa shape index (κ2) is 6.97. The van der Waals surface area contributed by atoms with Gasteiger partial charge < -0.3 is 5.32 Å². The standard InChI is InChI=1S/C14H23NS/c1-11(2)9-10-15-12(3)13-5-7-14(16-4)8-6-13/h5-8,11-12,15H,9-10H2,1-4H3. The summed E-state index contributed by atoms with van der Waals surface area (Å²) in [6.45, 7) is 7.86. The summed E-state index contributed by atoms with van der Waals surface area (Å²) in [6.07, 6.45) is 3.35. The second-order valence-corrected chi connectivity index (χ2v) is 5.51. The average Bonchev–Trinajstić information content (AvgIpc) is 2.28. The normalized spacial score (nSPS) is 13.1. The number of nitrogens with one attached hydrogen (secondary N) is 1. The lowest BCUT2D eigenvalue weighted by Crippen LogP contribution is -2.20. The van der Waals surface area contributed by atoms with Crippen LogP contribution in [0.15, 0.2) is 29.2 Å². The largest absolute Gasteiger partial charge is 0.310 e. The average molecular weight is 237 g/mol. The summed E-state index contributed by atoms with van der Waals surface area (Å²) < 4.78 is 0. The Balaban J connectivity index is 2.43. The Morgan fingerprint density at radius 3 is 2.25 bits per heavy atom. The fraction of sp³-hybridized carbons (Fsp3) is 0.571. The van der Waals surface area contributed by atoms with Crippen LogP contribution in [0.2, 0.25) is 0 Å². The van der Waals surface area contributed by atoms with Crippen LogP contribution in [0.25, 0.3) is 0 Å². The third kappa shape index (κ3) is 4.58. The number of thioether (sulfide) groups is 1.